The zero-order chi connectivity index (χ0) is 16.8. The fraction of sp³-hybridized carbons (Fsp3) is 0.412. The summed E-state index contributed by atoms with van der Waals surface area (Å²) in [6.45, 7) is 9.62. The SMILES string of the molecule is CC(=O)Nc1ccc2c(B3OC(C)(C)C(C)(C)O3)ccnc2c1. The molecule has 1 N–H and O–H groups in total. The molecule has 120 valence electrons. The van der Waals surface area contributed by atoms with Gasteiger partial charge in [0.15, 0.2) is 0 Å². The summed E-state index contributed by atoms with van der Waals surface area (Å²) in [6.07, 6.45) is 1.74. The number of hydrogen-bond donors (Lipinski definition) is 1. The maximum absolute atomic E-state index is 11.2. The van der Waals surface area contributed by atoms with Gasteiger partial charge in [-0.05, 0) is 51.4 Å². The first-order valence-electron chi connectivity index (χ1n) is 7.71. The molecular formula is C17H21BN2O3. The van der Waals surface area contributed by atoms with Gasteiger partial charge < -0.3 is 14.6 Å². The molecule has 2 aromatic rings. The molecule has 1 aromatic carbocycles. The fourth-order valence-electron chi connectivity index (χ4n) is 2.63. The van der Waals surface area contributed by atoms with Crippen LogP contribution in [0.3, 0.4) is 0 Å². The molecule has 1 fully saturated rings. The Bertz CT molecular complexity index is 758. The zero-order valence-electron chi connectivity index (χ0n) is 14.1. The summed E-state index contributed by atoms with van der Waals surface area (Å²) < 4.78 is 12.3. The quantitative estimate of drug-likeness (QED) is 0.866. The summed E-state index contributed by atoms with van der Waals surface area (Å²) in [5, 5.41) is 3.73. The lowest BCUT2D eigenvalue weighted by molar-refractivity contribution is -0.114. The standard InChI is InChI=1S/C17H21BN2O3/c1-11(21)20-12-6-7-13-14(8-9-19-15(13)10-12)18-22-16(2,3)17(4,5)23-18/h6-10H,1-5H3,(H,20,21). The highest BCUT2D eigenvalue weighted by Gasteiger charge is 2.52. The third-order valence-electron chi connectivity index (χ3n) is 4.60. The molecule has 1 saturated heterocycles. The van der Waals surface area contributed by atoms with Crippen molar-refractivity contribution >= 4 is 35.1 Å². The summed E-state index contributed by atoms with van der Waals surface area (Å²) in [5.41, 5.74) is 1.70. The second-order valence-electron chi connectivity index (χ2n) is 6.90. The number of benzene rings is 1. The molecule has 1 aliphatic heterocycles. The lowest BCUT2D eigenvalue weighted by Gasteiger charge is -2.32. The highest BCUT2D eigenvalue weighted by atomic mass is 16.7. The predicted octanol–water partition coefficient (Wildman–Crippen LogP) is 2.49. The number of nitrogens with one attached hydrogen (secondary N) is 1. The molecule has 1 aliphatic rings. The maximum Gasteiger partial charge on any atom is 0.495 e. The number of amides is 1. The van der Waals surface area contributed by atoms with E-state index < -0.39 is 7.12 Å². The van der Waals surface area contributed by atoms with Gasteiger partial charge >= 0.3 is 7.12 Å². The Kier molecular flexibility index (Phi) is 3.69. The van der Waals surface area contributed by atoms with E-state index in [9.17, 15) is 4.79 Å². The van der Waals surface area contributed by atoms with Crippen molar-refractivity contribution in [1.29, 1.82) is 0 Å². The molecule has 3 rings (SSSR count). The van der Waals surface area contributed by atoms with Crippen molar-refractivity contribution in [3.63, 3.8) is 0 Å². The summed E-state index contributed by atoms with van der Waals surface area (Å²) in [6, 6.07) is 7.57. The fourth-order valence-corrected chi connectivity index (χ4v) is 2.63. The second-order valence-corrected chi connectivity index (χ2v) is 6.90. The molecule has 0 saturated carbocycles. The summed E-state index contributed by atoms with van der Waals surface area (Å²) in [5.74, 6) is -0.105. The van der Waals surface area contributed by atoms with Crippen molar-refractivity contribution in [2.24, 2.45) is 0 Å². The Hall–Kier alpha value is -1.92. The number of fused-ring (bicyclic) bond motifs is 1. The van der Waals surface area contributed by atoms with Crippen molar-refractivity contribution < 1.29 is 14.1 Å². The summed E-state index contributed by atoms with van der Waals surface area (Å²) in [7, 11) is -0.433. The van der Waals surface area contributed by atoms with Gasteiger partial charge in [-0.25, -0.2) is 0 Å². The molecule has 6 heteroatoms. The van der Waals surface area contributed by atoms with Gasteiger partial charge in [0.1, 0.15) is 0 Å². The van der Waals surface area contributed by atoms with Crippen LogP contribution in [-0.2, 0) is 14.1 Å². The minimum absolute atomic E-state index is 0.105. The molecule has 1 amide bonds. The lowest BCUT2D eigenvalue weighted by atomic mass is 9.77. The van der Waals surface area contributed by atoms with Crippen molar-refractivity contribution in [1.82, 2.24) is 4.98 Å². The van der Waals surface area contributed by atoms with E-state index in [1.807, 2.05) is 52.0 Å². The van der Waals surface area contributed by atoms with Crippen molar-refractivity contribution in [3.8, 4) is 0 Å². The molecular weight excluding hydrogens is 291 g/mol. The minimum Gasteiger partial charge on any atom is -0.399 e. The van der Waals surface area contributed by atoms with Gasteiger partial charge in [-0.1, -0.05) is 6.07 Å². The van der Waals surface area contributed by atoms with Crippen LogP contribution < -0.4 is 10.8 Å². The average Bonchev–Trinajstić information content (AvgIpc) is 2.65. The molecule has 0 spiro atoms. The Morgan fingerprint density at radius 2 is 1.78 bits per heavy atom. The van der Waals surface area contributed by atoms with E-state index in [-0.39, 0.29) is 17.1 Å². The highest BCUT2D eigenvalue weighted by Crippen LogP contribution is 2.37. The minimum atomic E-state index is -0.433. The van der Waals surface area contributed by atoms with E-state index in [2.05, 4.69) is 10.3 Å². The first kappa shape index (κ1) is 16.0. The smallest absolute Gasteiger partial charge is 0.399 e. The maximum atomic E-state index is 11.2. The lowest BCUT2D eigenvalue weighted by Crippen LogP contribution is -2.41. The number of pyridine rings is 1. The number of nitrogens with zero attached hydrogens (tertiary/aromatic N) is 1. The predicted molar refractivity (Wildman–Crippen MR) is 91.8 cm³/mol. The van der Waals surface area contributed by atoms with E-state index in [0.29, 0.717) is 0 Å². The molecule has 5 nitrogen and oxygen atoms in total. The Morgan fingerprint density at radius 3 is 2.39 bits per heavy atom. The van der Waals surface area contributed by atoms with Crippen LogP contribution in [0.2, 0.25) is 0 Å². The van der Waals surface area contributed by atoms with Crippen molar-refractivity contribution in [3.05, 3.63) is 30.5 Å². The van der Waals surface area contributed by atoms with Gasteiger partial charge in [-0.15, -0.1) is 0 Å². The largest absolute Gasteiger partial charge is 0.495 e. The van der Waals surface area contributed by atoms with Crippen LogP contribution in [0.1, 0.15) is 34.6 Å². The molecule has 0 atom stereocenters. The number of carbonyl (C=O) groups excluding carboxylic acids is 1. The van der Waals surface area contributed by atoms with Crippen LogP contribution in [-0.4, -0.2) is 29.2 Å². The van der Waals surface area contributed by atoms with E-state index in [1.165, 1.54) is 6.92 Å². The number of anilines is 1. The molecule has 2 heterocycles. The van der Waals surface area contributed by atoms with E-state index in [1.54, 1.807) is 6.20 Å². The van der Waals surface area contributed by atoms with Crippen LogP contribution in [0.25, 0.3) is 10.9 Å². The molecule has 0 radical (unpaired) electrons. The third-order valence-corrected chi connectivity index (χ3v) is 4.60. The zero-order valence-corrected chi connectivity index (χ0v) is 14.1. The number of aromatic nitrogens is 1. The number of rotatable bonds is 2. The average molecular weight is 312 g/mol. The van der Waals surface area contributed by atoms with Gasteiger partial charge in [0.2, 0.25) is 5.91 Å². The van der Waals surface area contributed by atoms with Crippen LogP contribution in [0, 0.1) is 0 Å². The van der Waals surface area contributed by atoms with Gasteiger partial charge in [0.25, 0.3) is 0 Å². The van der Waals surface area contributed by atoms with Crippen LogP contribution >= 0.6 is 0 Å². The van der Waals surface area contributed by atoms with Gasteiger partial charge in [0.05, 0.1) is 16.7 Å². The molecule has 23 heavy (non-hydrogen) atoms. The van der Waals surface area contributed by atoms with Gasteiger partial charge in [-0.2, -0.15) is 0 Å². The Labute approximate surface area is 136 Å². The van der Waals surface area contributed by atoms with E-state index in [0.717, 1.165) is 22.1 Å². The first-order chi connectivity index (χ1) is 10.7. The molecule has 1 aromatic heterocycles. The van der Waals surface area contributed by atoms with Crippen molar-refractivity contribution in [2.45, 2.75) is 45.8 Å². The summed E-state index contributed by atoms with van der Waals surface area (Å²) in [4.78, 5) is 15.6. The monoisotopic (exact) mass is 312 g/mol. The van der Waals surface area contributed by atoms with Crippen LogP contribution in [0.15, 0.2) is 30.5 Å². The Balaban J connectivity index is 2.01. The molecule has 0 bridgehead atoms. The van der Waals surface area contributed by atoms with E-state index in [4.69, 9.17) is 9.31 Å². The van der Waals surface area contributed by atoms with E-state index >= 15 is 0 Å². The van der Waals surface area contributed by atoms with Gasteiger partial charge in [-0.3, -0.25) is 9.78 Å². The molecule has 0 aliphatic carbocycles. The Morgan fingerprint density at radius 1 is 1.13 bits per heavy atom. The topological polar surface area (TPSA) is 60.5 Å². The summed E-state index contributed by atoms with van der Waals surface area (Å²) >= 11 is 0. The molecule has 0 unspecified atom stereocenters. The third kappa shape index (κ3) is 2.84. The second kappa shape index (κ2) is 5.32. The first-order valence-corrected chi connectivity index (χ1v) is 7.71. The number of carbonyl (C=O) groups is 1. The normalized spacial score (nSPS) is 19.1. The van der Waals surface area contributed by atoms with Crippen LogP contribution in [0.5, 0.6) is 0 Å². The van der Waals surface area contributed by atoms with Gasteiger partial charge in [0, 0.05) is 24.2 Å². The highest BCUT2D eigenvalue weighted by molar-refractivity contribution is 6.65. The van der Waals surface area contributed by atoms with Crippen LogP contribution in [0.4, 0.5) is 5.69 Å². The number of hydrogen-bond acceptors (Lipinski definition) is 4. The van der Waals surface area contributed by atoms with Crippen molar-refractivity contribution in [2.75, 3.05) is 5.32 Å².